The van der Waals surface area contributed by atoms with Crippen molar-refractivity contribution in [3.63, 3.8) is 0 Å². The average Bonchev–Trinajstić information content (AvgIpc) is 3.39. The fraction of sp³-hybridized carbons (Fsp3) is 0.886. The largest absolute Gasteiger partial charge is 0.472 e. The van der Waals surface area contributed by atoms with E-state index in [1.54, 1.807) is 11.8 Å². The molecule has 0 spiro atoms. The van der Waals surface area contributed by atoms with Crippen LogP contribution in [0.2, 0.25) is 0 Å². The Balaban J connectivity index is 1.78. The first-order chi connectivity index (χ1) is 23.7. The summed E-state index contributed by atoms with van der Waals surface area (Å²) in [4.78, 5) is 26.5. The van der Waals surface area contributed by atoms with Crippen LogP contribution in [0.4, 0.5) is 5.82 Å². The third-order valence-electron chi connectivity index (χ3n) is 8.83. The number of aromatic nitrogens is 2. The Bertz CT molecular complexity index is 1090. The molecule has 286 valence electrons. The van der Waals surface area contributed by atoms with Crippen molar-refractivity contribution in [2.45, 2.75) is 160 Å². The van der Waals surface area contributed by atoms with E-state index in [1.165, 1.54) is 116 Å². The lowest BCUT2D eigenvalue weighted by Gasteiger charge is -2.21. The van der Waals surface area contributed by atoms with Crippen LogP contribution in [0, 0.1) is 0 Å². The number of hydrogen-bond acceptors (Lipinski definition) is 11. The van der Waals surface area contributed by atoms with Gasteiger partial charge in [0.05, 0.1) is 19.3 Å². The highest BCUT2D eigenvalue weighted by Crippen LogP contribution is 2.45. The molecule has 49 heavy (non-hydrogen) atoms. The summed E-state index contributed by atoms with van der Waals surface area (Å²) in [6.07, 6.45) is 19.2. The third-order valence-corrected chi connectivity index (χ3v) is 11.0. The van der Waals surface area contributed by atoms with Crippen LogP contribution in [0.3, 0.4) is 0 Å². The zero-order valence-corrected chi connectivity index (χ0v) is 32.1. The van der Waals surface area contributed by atoms with E-state index in [-0.39, 0.29) is 18.5 Å². The van der Waals surface area contributed by atoms with Gasteiger partial charge in [-0.1, -0.05) is 117 Å². The molecule has 1 aliphatic heterocycles. The van der Waals surface area contributed by atoms with Gasteiger partial charge in [0.2, 0.25) is 0 Å². The number of phosphoric acid groups is 1. The summed E-state index contributed by atoms with van der Waals surface area (Å²) in [7, 11) is -3.15. The van der Waals surface area contributed by atoms with E-state index in [0.29, 0.717) is 12.4 Å². The molecule has 2 heterocycles. The van der Waals surface area contributed by atoms with Crippen LogP contribution in [0.1, 0.15) is 136 Å². The van der Waals surface area contributed by atoms with Gasteiger partial charge >= 0.3 is 13.5 Å². The molecule has 14 heteroatoms. The lowest BCUT2D eigenvalue weighted by molar-refractivity contribution is -0.0632. The number of rotatable bonds is 31. The standard InChI is InChI=1S/C35H66N3O9PS/c1-4-6-8-10-12-14-15-17-19-21-25-49-28-29(44-24-20-18-16-13-11-9-7-5-2)26-45-48(41,42)46-27-30-32(39)33(43-3)34(47-30)38-23-22-31(36)37-35(38)40/h22-23,29-30,32-34,39H,4-21,24-28H2,1-3H3,(H,41,42)(H2,36,37,40). The summed E-state index contributed by atoms with van der Waals surface area (Å²) in [6, 6.07) is 1.42. The molecule has 6 unspecified atom stereocenters. The molecule has 1 aliphatic rings. The van der Waals surface area contributed by atoms with Crippen LogP contribution in [-0.2, 0) is 27.8 Å². The molecule has 4 N–H and O–H groups in total. The van der Waals surface area contributed by atoms with Crippen molar-refractivity contribution >= 4 is 25.4 Å². The van der Waals surface area contributed by atoms with Crippen molar-refractivity contribution in [3.05, 3.63) is 22.7 Å². The van der Waals surface area contributed by atoms with Gasteiger partial charge < -0.3 is 29.9 Å². The van der Waals surface area contributed by atoms with Gasteiger partial charge in [0.1, 0.15) is 24.1 Å². The van der Waals surface area contributed by atoms with Crippen LogP contribution in [0.15, 0.2) is 17.1 Å². The van der Waals surface area contributed by atoms with Gasteiger partial charge in [-0.15, -0.1) is 0 Å². The first-order valence-electron chi connectivity index (χ1n) is 18.7. The highest BCUT2D eigenvalue weighted by atomic mass is 32.2. The molecule has 0 aliphatic carbocycles. The van der Waals surface area contributed by atoms with Gasteiger partial charge in [-0.3, -0.25) is 13.6 Å². The molecule has 1 aromatic rings. The number of anilines is 1. The molecule has 12 nitrogen and oxygen atoms in total. The van der Waals surface area contributed by atoms with Crippen LogP contribution < -0.4 is 11.4 Å². The van der Waals surface area contributed by atoms with E-state index in [9.17, 15) is 19.4 Å². The first kappa shape index (κ1) is 44.1. The van der Waals surface area contributed by atoms with E-state index < -0.39 is 44.7 Å². The molecule has 1 aromatic heterocycles. The number of hydrogen-bond donors (Lipinski definition) is 3. The number of methoxy groups -OCH3 is 1. The molecule has 2 rings (SSSR count). The third kappa shape index (κ3) is 18.9. The SMILES string of the molecule is CCCCCCCCCCCCSCC(COP(=O)(O)OCC1OC(n2ccc(N)nc2=O)C(OC)C1O)OCCCCCCCCCC. The second-order valence-electron chi connectivity index (χ2n) is 13.1. The fourth-order valence-corrected chi connectivity index (χ4v) is 7.67. The maximum absolute atomic E-state index is 12.9. The number of phosphoric ester groups is 1. The molecule has 0 bridgehead atoms. The summed E-state index contributed by atoms with van der Waals surface area (Å²) in [5.41, 5.74) is 4.90. The number of nitrogen functional groups attached to an aromatic ring is 1. The highest BCUT2D eigenvalue weighted by molar-refractivity contribution is 7.99. The highest BCUT2D eigenvalue weighted by Gasteiger charge is 2.46. The molecular formula is C35H66N3O9PS. The molecule has 1 saturated heterocycles. The van der Waals surface area contributed by atoms with E-state index in [1.807, 2.05) is 0 Å². The Kier molecular flexibility index (Phi) is 24.1. The van der Waals surface area contributed by atoms with E-state index >= 15 is 0 Å². The van der Waals surface area contributed by atoms with Gasteiger partial charge in [-0.05, 0) is 24.7 Å². The minimum atomic E-state index is -4.51. The maximum atomic E-state index is 12.9. The van der Waals surface area contributed by atoms with Gasteiger partial charge in [0.25, 0.3) is 0 Å². The number of aliphatic hydroxyl groups excluding tert-OH is 1. The van der Waals surface area contributed by atoms with Gasteiger partial charge in [0.15, 0.2) is 6.23 Å². The number of nitrogens with zero attached hydrogens (tertiary/aromatic N) is 2. The normalized spacial score (nSPS) is 21.2. The summed E-state index contributed by atoms with van der Waals surface area (Å²) < 4.78 is 41.9. The minimum absolute atomic E-state index is 0.0457. The Morgan fingerprint density at radius 2 is 1.51 bits per heavy atom. The van der Waals surface area contributed by atoms with E-state index in [2.05, 4.69) is 18.8 Å². The van der Waals surface area contributed by atoms with Crippen molar-refractivity contribution in [1.82, 2.24) is 9.55 Å². The Hall–Kier alpha value is -1.02. The minimum Gasteiger partial charge on any atom is -0.387 e. The molecule has 0 radical (unpaired) electrons. The number of aliphatic hydroxyl groups is 1. The number of unbranched alkanes of at least 4 members (excludes halogenated alkanes) is 16. The maximum Gasteiger partial charge on any atom is 0.472 e. The van der Waals surface area contributed by atoms with Crippen LogP contribution in [0.25, 0.3) is 0 Å². The fourth-order valence-electron chi connectivity index (χ4n) is 5.87. The molecule has 1 fully saturated rings. The summed E-state index contributed by atoms with van der Waals surface area (Å²) in [5, 5.41) is 10.8. The van der Waals surface area contributed by atoms with Crippen molar-refractivity contribution in [2.24, 2.45) is 0 Å². The number of ether oxygens (including phenoxy) is 3. The van der Waals surface area contributed by atoms with Gasteiger partial charge in [-0.2, -0.15) is 16.7 Å². The molecular weight excluding hydrogens is 669 g/mol. The Labute approximate surface area is 299 Å². The van der Waals surface area contributed by atoms with Crippen molar-refractivity contribution in [2.75, 3.05) is 44.2 Å². The van der Waals surface area contributed by atoms with Crippen molar-refractivity contribution in [3.8, 4) is 0 Å². The summed E-state index contributed by atoms with van der Waals surface area (Å²) in [6.45, 7) is 4.48. The van der Waals surface area contributed by atoms with Crippen molar-refractivity contribution < 1.29 is 37.8 Å². The Morgan fingerprint density at radius 1 is 0.939 bits per heavy atom. The summed E-state index contributed by atoms with van der Waals surface area (Å²) >= 11 is 1.78. The second-order valence-corrected chi connectivity index (χ2v) is 15.7. The lowest BCUT2D eigenvalue weighted by Crippen LogP contribution is -2.37. The van der Waals surface area contributed by atoms with Crippen molar-refractivity contribution in [1.29, 1.82) is 0 Å². The smallest absolute Gasteiger partial charge is 0.387 e. The Morgan fingerprint density at radius 3 is 2.08 bits per heavy atom. The monoisotopic (exact) mass is 735 g/mol. The number of nitrogens with two attached hydrogens (primary N) is 1. The van der Waals surface area contributed by atoms with Crippen LogP contribution in [-0.4, -0.2) is 82.4 Å². The van der Waals surface area contributed by atoms with Crippen LogP contribution >= 0.6 is 19.6 Å². The second kappa shape index (κ2) is 26.7. The molecule has 0 amide bonds. The lowest BCUT2D eigenvalue weighted by atomic mass is 10.1. The van der Waals surface area contributed by atoms with E-state index in [4.69, 9.17) is 29.0 Å². The van der Waals surface area contributed by atoms with Crippen LogP contribution in [0.5, 0.6) is 0 Å². The quantitative estimate of drug-likeness (QED) is 0.0512. The number of thioether (sulfide) groups is 1. The van der Waals surface area contributed by atoms with E-state index in [0.717, 1.165) is 29.6 Å². The zero-order valence-electron chi connectivity index (χ0n) is 30.4. The molecule has 0 saturated carbocycles. The topological polar surface area (TPSA) is 165 Å². The zero-order chi connectivity index (χ0) is 35.7. The average molecular weight is 736 g/mol. The van der Waals surface area contributed by atoms with Gasteiger partial charge in [0, 0.05) is 25.7 Å². The predicted molar refractivity (Wildman–Crippen MR) is 197 cm³/mol. The predicted octanol–water partition coefficient (Wildman–Crippen LogP) is 7.41. The first-order valence-corrected chi connectivity index (χ1v) is 21.4. The summed E-state index contributed by atoms with van der Waals surface area (Å²) in [5.74, 6) is 1.71. The molecule has 6 atom stereocenters. The van der Waals surface area contributed by atoms with Gasteiger partial charge in [-0.25, -0.2) is 9.36 Å². The molecule has 0 aromatic carbocycles.